The van der Waals surface area contributed by atoms with Gasteiger partial charge in [0, 0.05) is 18.8 Å². The van der Waals surface area contributed by atoms with E-state index in [2.05, 4.69) is 48.8 Å². The first-order valence-electron chi connectivity index (χ1n) is 6.34. The van der Waals surface area contributed by atoms with E-state index in [-0.39, 0.29) is 0 Å². The molecular weight excluding hydrogens is 198 g/mol. The minimum atomic E-state index is 0.453. The van der Waals surface area contributed by atoms with E-state index in [9.17, 15) is 0 Å². The fraction of sp³-hybridized carbons (Fsp3) is 0.769. The van der Waals surface area contributed by atoms with Crippen LogP contribution in [0, 0.1) is 12.3 Å². The molecule has 1 saturated carbocycles. The summed E-state index contributed by atoms with van der Waals surface area (Å²) in [6.07, 6.45) is 5.88. The van der Waals surface area contributed by atoms with Crippen LogP contribution >= 0.6 is 0 Å². The number of nitrogens with zero attached hydrogens (tertiary/aromatic N) is 2. The van der Waals surface area contributed by atoms with Gasteiger partial charge in [-0.05, 0) is 25.2 Å². The molecule has 2 rings (SSSR count). The maximum atomic E-state index is 4.56. The fourth-order valence-electron chi connectivity index (χ4n) is 2.18. The van der Waals surface area contributed by atoms with E-state index in [4.69, 9.17) is 0 Å². The van der Waals surface area contributed by atoms with Crippen LogP contribution in [0.4, 0.5) is 5.95 Å². The van der Waals surface area contributed by atoms with Gasteiger partial charge in [0.1, 0.15) is 0 Å². The summed E-state index contributed by atoms with van der Waals surface area (Å²) in [4.78, 5) is 4.56. The highest BCUT2D eigenvalue weighted by Crippen LogP contribution is 2.56. The van der Waals surface area contributed by atoms with Crippen molar-refractivity contribution in [3.05, 3.63) is 11.9 Å². The van der Waals surface area contributed by atoms with Crippen molar-refractivity contribution in [1.29, 1.82) is 0 Å². The van der Waals surface area contributed by atoms with E-state index >= 15 is 0 Å². The molecule has 16 heavy (non-hydrogen) atoms. The van der Waals surface area contributed by atoms with E-state index in [0.717, 1.165) is 18.2 Å². The zero-order valence-corrected chi connectivity index (χ0v) is 10.9. The van der Waals surface area contributed by atoms with Gasteiger partial charge in [-0.1, -0.05) is 27.2 Å². The summed E-state index contributed by atoms with van der Waals surface area (Å²) in [5, 5.41) is 3.45. The van der Waals surface area contributed by atoms with Crippen LogP contribution in [-0.4, -0.2) is 16.1 Å². The Bertz CT molecular complexity index is 365. The number of anilines is 1. The molecule has 0 aliphatic heterocycles. The van der Waals surface area contributed by atoms with Gasteiger partial charge in [-0.2, -0.15) is 0 Å². The van der Waals surface area contributed by atoms with Gasteiger partial charge >= 0.3 is 0 Å². The summed E-state index contributed by atoms with van der Waals surface area (Å²) >= 11 is 0. The number of rotatable bonds is 5. The van der Waals surface area contributed by atoms with Gasteiger partial charge in [-0.3, -0.25) is 0 Å². The molecule has 1 fully saturated rings. The van der Waals surface area contributed by atoms with Gasteiger partial charge in [0.2, 0.25) is 5.95 Å². The lowest BCUT2D eigenvalue weighted by atomic mass is 10.2. The van der Waals surface area contributed by atoms with Gasteiger partial charge in [0.15, 0.2) is 0 Å². The van der Waals surface area contributed by atoms with E-state index in [1.165, 1.54) is 19.3 Å². The third-order valence-corrected chi connectivity index (χ3v) is 3.46. The molecule has 0 spiro atoms. The van der Waals surface area contributed by atoms with Crippen LogP contribution in [0.15, 0.2) is 6.20 Å². The van der Waals surface area contributed by atoms with Crippen molar-refractivity contribution < 1.29 is 0 Å². The Kier molecular flexibility index (Phi) is 2.96. The molecule has 1 unspecified atom stereocenters. The predicted molar refractivity (Wildman–Crippen MR) is 67.8 cm³/mol. The number of aromatic nitrogens is 2. The Hall–Kier alpha value is -0.990. The molecule has 1 heterocycles. The zero-order chi connectivity index (χ0) is 11.8. The molecule has 1 aliphatic carbocycles. The minimum absolute atomic E-state index is 0.453. The molecule has 0 bridgehead atoms. The first kappa shape index (κ1) is 11.5. The third-order valence-electron chi connectivity index (χ3n) is 3.46. The van der Waals surface area contributed by atoms with Crippen molar-refractivity contribution in [3.8, 4) is 0 Å². The second kappa shape index (κ2) is 4.11. The highest BCUT2D eigenvalue weighted by Gasteiger charge is 2.47. The lowest BCUT2D eigenvalue weighted by Crippen LogP contribution is -2.09. The Balaban J connectivity index is 2.06. The average Bonchev–Trinajstić information content (AvgIpc) is 2.67. The quantitative estimate of drug-likeness (QED) is 0.772. The topological polar surface area (TPSA) is 29.9 Å². The molecule has 3 nitrogen and oxygen atoms in total. The van der Waals surface area contributed by atoms with Gasteiger partial charge in [0.25, 0.3) is 0 Å². The van der Waals surface area contributed by atoms with Gasteiger partial charge in [0.05, 0.1) is 5.69 Å². The number of aryl methyl sites for hydroxylation is 1. The van der Waals surface area contributed by atoms with Crippen LogP contribution < -0.4 is 5.32 Å². The molecular formula is C13H23N3. The number of unbranched alkanes of at least 4 members (excludes halogenated alkanes) is 1. The molecule has 3 heteroatoms. The predicted octanol–water partition coefficient (Wildman–Crippen LogP) is 3.37. The molecule has 1 aliphatic rings. The van der Waals surface area contributed by atoms with Crippen molar-refractivity contribution in [1.82, 2.24) is 9.55 Å². The third kappa shape index (κ3) is 2.23. The number of hydrogen-bond acceptors (Lipinski definition) is 2. The summed E-state index contributed by atoms with van der Waals surface area (Å²) in [5.74, 6) is 1.06. The van der Waals surface area contributed by atoms with Crippen molar-refractivity contribution in [2.45, 2.75) is 53.0 Å². The van der Waals surface area contributed by atoms with Gasteiger partial charge in [-0.15, -0.1) is 0 Å². The van der Waals surface area contributed by atoms with Crippen molar-refractivity contribution >= 4 is 5.95 Å². The molecule has 0 amide bonds. The van der Waals surface area contributed by atoms with Crippen molar-refractivity contribution in [2.75, 3.05) is 11.9 Å². The van der Waals surface area contributed by atoms with Crippen molar-refractivity contribution in [2.24, 2.45) is 5.41 Å². The molecule has 0 aromatic carbocycles. The molecule has 0 saturated heterocycles. The first-order chi connectivity index (χ1) is 7.54. The van der Waals surface area contributed by atoms with E-state index < -0.39 is 0 Å². The van der Waals surface area contributed by atoms with Crippen LogP contribution in [0.5, 0.6) is 0 Å². The van der Waals surface area contributed by atoms with E-state index in [0.29, 0.717) is 11.5 Å². The van der Waals surface area contributed by atoms with Crippen LogP contribution in [0.25, 0.3) is 0 Å². The maximum Gasteiger partial charge on any atom is 0.203 e. The fourth-order valence-corrected chi connectivity index (χ4v) is 2.18. The number of hydrogen-bond donors (Lipinski definition) is 1. The lowest BCUT2D eigenvalue weighted by Gasteiger charge is -2.10. The Morgan fingerprint density at radius 2 is 2.25 bits per heavy atom. The van der Waals surface area contributed by atoms with E-state index in [1.807, 2.05) is 0 Å². The normalized spacial score (nSPS) is 22.1. The standard InChI is InChI=1S/C13H23N3/c1-5-6-7-14-12-15-10(2)9-16(12)11-8-13(11,3)4/h9,11H,5-8H2,1-4H3,(H,14,15). The summed E-state index contributed by atoms with van der Waals surface area (Å²) in [7, 11) is 0. The second-order valence-electron chi connectivity index (χ2n) is 5.60. The lowest BCUT2D eigenvalue weighted by molar-refractivity contribution is 0.543. The molecule has 1 atom stereocenters. The second-order valence-corrected chi connectivity index (χ2v) is 5.60. The number of imidazole rings is 1. The van der Waals surface area contributed by atoms with Crippen LogP contribution in [0.2, 0.25) is 0 Å². The van der Waals surface area contributed by atoms with E-state index in [1.54, 1.807) is 0 Å². The first-order valence-corrected chi connectivity index (χ1v) is 6.34. The SMILES string of the molecule is CCCCNc1nc(C)cn1C1CC1(C)C. The Morgan fingerprint density at radius 1 is 1.56 bits per heavy atom. The smallest absolute Gasteiger partial charge is 0.203 e. The van der Waals surface area contributed by atoms with Gasteiger partial charge < -0.3 is 9.88 Å². The van der Waals surface area contributed by atoms with Crippen molar-refractivity contribution in [3.63, 3.8) is 0 Å². The van der Waals surface area contributed by atoms with Crippen LogP contribution in [0.3, 0.4) is 0 Å². The summed E-state index contributed by atoms with van der Waals surface area (Å²) in [6, 6.07) is 0.637. The monoisotopic (exact) mass is 221 g/mol. The highest BCUT2D eigenvalue weighted by molar-refractivity contribution is 5.31. The molecule has 1 aromatic rings. The van der Waals surface area contributed by atoms with Gasteiger partial charge in [-0.25, -0.2) is 4.98 Å². The van der Waals surface area contributed by atoms with Crippen LogP contribution in [0.1, 0.15) is 51.8 Å². The summed E-state index contributed by atoms with van der Waals surface area (Å²) in [6.45, 7) is 9.95. The summed E-state index contributed by atoms with van der Waals surface area (Å²) in [5.41, 5.74) is 1.57. The Labute approximate surface area is 98.3 Å². The average molecular weight is 221 g/mol. The number of nitrogens with one attached hydrogen (secondary N) is 1. The molecule has 1 aromatic heterocycles. The highest BCUT2D eigenvalue weighted by atomic mass is 15.2. The largest absolute Gasteiger partial charge is 0.356 e. The minimum Gasteiger partial charge on any atom is -0.356 e. The molecule has 90 valence electrons. The maximum absolute atomic E-state index is 4.56. The Morgan fingerprint density at radius 3 is 2.81 bits per heavy atom. The summed E-state index contributed by atoms with van der Waals surface area (Å²) < 4.78 is 2.32. The zero-order valence-electron chi connectivity index (χ0n) is 10.9. The molecule has 0 radical (unpaired) electrons. The molecule has 1 N–H and O–H groups in total. The van der Waals surface area contributed by atoms with Crippen LogP contribution in [-0.2, 0) is 0 Å².